The molecule has 0 atom stereocenters. The van der Waals surface area contributed by atoms with Gasteiger partial charge in [0.1, 0.15) is 12.3 Å². The summed E-state index contributed by atoms with van der Waals surface area (Å²) in [6, 6.07) is 2.01. The van der Waals surface area contributed by atoms with Gasteiger partial charge in [-0.1, -0.05) is 0 Å². The fourth-order valence-corrected chi connectivity index (χ4v) is 1.11. The summed E-state index contributed by atoms with van der Waals surface area (Å²) >= 11 is 0. The molecule has 0 unspecified atom stereocenters. The molecule has 0 N–H and O–H groups in total. The van der Waals surface area contributed by atoms with Crippen molar-refractivity contribution < 1.29 is 0 Å². The van der Waals surface area contributed by atoms with Gasteiger partial charge >= 0.3 is 0 Å². The van der Waals surface area contributed by atoms with Crippen LogP contribution in [0.25, 0.3) is 5.65 Å². The molecule has 0 spiro atoms. The van der Waals surface area contributed by atoms with Gasteiger partial charge in [-0.3, -0.25) is 9.38 Å². The molecule has 4 nitrogen and oxygen atoms in total. The van der Waals surface area contributed by atoms with Crippen LogP contribution in [0.15, 0.2) is 12.4 Å². The Morgan fingerprint density at radius 1 is 1.58 bits per heavy atom. The van der Waals surface area contributed by atoms with Crippen LogP contribution in [-0.4, -0.2) is 14.4 Å². The highest BCUT2D eigenvalue weighted by Gasteiger charge is 2.03. The van der Waals surface area contributed by atoms with Crippen molar-refractivity contribution in [1.82, 2.24) is 14.4 Å². The van der Waals surface area contributed by atoms with Crippen molar-refractivity contribution in [3.63, 3.8) is 0 Å². The molecule has 0 aromatic carbocycles. The Bertz CT molecular complexity index is 463. The Balaban J connectivity index is 2.95. The number of fused-ring (bicyclic) bond motifs is 1. The summed E-state index contributed by atoms with van der Waals surface area (Å²) in [5.41, 5.74) is 1.97. The second-order valence-electron chi connectivity index (χ2n) is 2.43. The van der Waals surface area contributed by atoms with Gasteiger partial charge in [0, 0.05) is 11.9 Å². The zero-order valence-corrected chi connectivity index (χ0v) is 6.44. The maximum atomic E-state index is 8.69. The lowest BCUT2D eigenvalue weighted by atomic mass is 10.4. The average molecular weight is 157 g/mol. The van der Waals surface area contributed by atoms with Crippen molar-refractivity contribution in [3.8, 4) is 6.07 Å². The van der Waals surface area contributed by atoms with Crippen LogP contribution in [0.5, 0.6) is 0 Å². The minimum Gasteiger partial charge on any atom is -0.285 e. The number of imidazole rings is 1. The van der Waals surface area contributed by atoms with Crippen LogP contribution < -0.4 is 0 Å². The third kappa shape index (κ3) is 0.768. The molecular formula is C8H5N4. The van der Waals surface area contributed by atoms with E-state index in [1.165, 1.54) is 0 Å². The van der Waals surface area contributed by atoms with Crippen molar-refractivity contribution in [2.24, 2.45) is 0 Å². The normalized spacial score (nSPS) is 10.0. The predicted molar refractivity (Wildman–Crippen MR) is 41.3 cm³/mol. The van der Waals surface area contributed by atoms with E-state index in [9.17, 15) is 0 Å². The second-order valence-corrected chi connectivity index (χ2v) is 2.43. The van der Waals surface area contributed by atoms with E-state index in [1.54, 1.807) is 16.8 Å². The highest BCUT2D eigenvalue weighted by Crippen LogP contribution is 2.05. The lowest BCUT2D eigenvalue weighted by molar-refractivity contribution is 1.03. The number of hydrogen-bond donors (Lipinski definition) is 0. The van der Waals surface area contributed by atoms with Gasteiger partial charge in [-0.05, 0) is 6.92 Å². The van der Waals surface area contributed by atoms with E-state index in [2.05, 4.69) is 16.2 Å². The van der Waals surface area contributed by atoms with Gasteiger partial charge in [-0.25, -0.2) is 4.98 Å². The molecule has 0 aliphatic carbocycles. The second kappa shape index (κ2) is 2.31. The molecule has 4 heteroatoms. The van der Waals surface area contributed by atoms with Crippen LogP contribution in [0.4, 0.5) is 0 Å². The van der Waals surface area contributed by atoms with Crippen LogP contribution >= 0.6 is 0 Å². The van der Waals surface area contributed by atoms with E-state index in [-0.39, 0.29) is 0 Å². The van der Waals surface area contributed by atoms with E-state index in [0.717, 1.165) is 5.69 Å². The predicted octanol–water partition coefficient (Wildman–Crippen LogP) is 0.710. The van der Waals surface area contributed by atoms with E-state index in [1.807, 2.05) is 13.0 Å². The zero-order chi connectivity index (χ0) is 8.55. The van der Waals surface area contributed by atoms with Gasteiger partial charge in [-0.15, -0.1) is 0 Å². The summed E-state index contributed by atoms with van der Waals surface area (Å²) in [4.78, 5) is 7.85. The number of aromatic nitrogens is 3. The van der Waals surface area contributed by atoms with Crippen molar-refractivity contribution in [3.05, 3.63) is 30.0 Å². The molecule has 0 amide bonds. The highest BCUT2D eigenvalue weighted by molar-refractivity contribution is 5.41. The number of nitriles is 1. The fraction of sp³-hybridized carbons (Fsp3) is 0.125. The van der Waals surface area contributed by atoms with E-state index < -0.39 is 0 Å². The molecule has 57 valence electrons. The zero-order valence-electron chi connectivity index (χ0n) is 6.44. The number of nitrogens with zero attached hydrogens (tertiary/aromatic N) is 4. The first-order chi connectivity index (χ1) is 5.83. The summed E-state index contributed by atoms with van der Waals surface area (Å²) < 4.78 is 1.72. The standard InChI is InChI=1S/C8H5N4/c1-6-3-10-5-8-11-4-7(2-9)12(6)8/h3,5H,1H3. The topological polar surface area (TPSA) is 54.0 Å². The van der Waals surface area contributed by atoms with Gasteiger partial charge in [-0.2, -0.15) is 5.26 Å². The molecule has 0 fully saturated rings. The number of aryl methyl sites for hydroxylation is 1. The third-order valence-electron chi connectivity index (χ3n) is 1.64. The third-order valence-corrected chi connectivity index (χ3v) is 1.64. The van der Waals surface area contributed by atoms with Crippen molar-refractivity contribution in [2.45, 2.75) is 6.92 Å². The Labute approximate surface area is 69.1 Å². The monoisotopic (exact) mass is 157 g/mol. The SMILES string of the molecule is Cc1cncc2n[c]c(C#N)n12. The van der Waals surface area contributed by atoms with Crippen molar-refractivity contribution in [2.75, 3.05) is 0 Å². The smallest absolute Gasteiger partial charge is 0.157 e. The number of hydrogen-bond acceptors (Lipinski definition) is 3. The maximum absolute atomic E-state index is 8.69. The van der Waals surface area contributed by atoms with Crippen LogP contribution in [0, 0.1) is 24.5 Å². The first-order valence-corrected chi connectivity index (χ1v) is 3.44. The Morgan fingerprint density at radius 2 is 2.42 bits per heavy atom. The molecule has 2 aromatic heterocycles. The van der Waals surface area contributed by atoms with Crippen LogP contribution in [0.2, 0.25) is 0 Å². The van der Waals surface area contributed by atoms with E-state index >= 15 is 0 Å². The summed E-state index contributed by atoms with van der Waals surface area (Å²) in [6.45, 7) is 1.87. The van der Waals surface area contributed by atoms with Crippen molar-refractivity contribution in [1.29, 1.82) is 5.26 Å². The fourth-order valence-electron chi connectivity index (χ4n) is 1.11. The molecule has 2 aromatic rings. The molecule has 2 rings (SSSR count). The molecule has 2 heterocycles. The molecule has 12 heavy (non-hydrogen) atoms. The first-order valence-electron chi connectivity index (χ1n) is 3.44. The van der Waals surface area contributed by atoms with Crippen LogP contribution in [0.3, 0.4) is 0 Å². The summed E-state index contributed by atoms with van der Waals surface area (Å²) in [6.07, 6.45) is 5.90. The largest absolute Gasteiger partial charge is 0.285 e. The summed E-state index contributed by atoms with van der Waals surface area (Å²) in [7, 11) is 0. The van der Waals surface area contributed by atoms with Gasteiger partial charge in [0.25, 0.3) is 0 Å². The lowest BCUT2D eigenvalue weighted by Crippen LogP contribution is -1.94. The van der Waals surface area contributed by atoms with Crippen LogP contribution in [0.1, 0.15) is 11.4 Å². The van der Waals surface area contributed by atoms with Crippen LogP contribution in [-0.2, 0) is 0 Å². The lowest BCUT2D eigenvalue weighted by Gasteiger charge is -1.97. The molecule has 0 saturated heterocycles. The van der Waals surface area contributed by atoms with Gasteiger partial charge in [0.15, 0.2) is 11.3 Å². The van der Waals surface area contributed by atoms with E-state index in [4.69, 9.17) is 5.26 Å². The molecular weight excluding hydrogens is 152 g/mol. The van der Waals surface area contributed by atoms with Gasteiger partial charge in [0.05, 0.1) is 6.20 Å². The quantitative estimate of drug-likeness (QED) is 0.565. The summed E-state index contributed by atoms with van der Waals surface area (Å²) in [5.74, 6) is 0. The first kappa shape index (κ1) is 6.80. The van der Waals surface area contributed by atoms with Gasteiger partial charge in [0.2, 0.25) is 0 Å². The minimum absolute atomic E-state index is 0.421. The highest BCUT2D eigenvalue weighted by atomic mass is 15.0. The van der Waals surface area contributed by atoms with Crippen molar-refractivity contribution >= 4 is 5.65 Å². The van der Waals surface area contributed by atoms with Gasteiger partial charge < -0.3 is 0 Å². The van der Waals surface area contributed by atoms with E-state index in [0.29, 0.717) is 11.3 Å². The average Bonchev–Trinajstić information content (AvgIpc) is 2.49. The molecule has 0 bridgehead atoms. The summed E-state index contributed by atoms with van der Waals surface area (Å²) in [5, 5.41) is 8.69. The minimum atomic E-state index is 0.421. The maximum Gasteiger partial charge on any atom is 0.157 e. The Hall–Kier alpha value is -1.89. The molecule has 0 aliphatic rings. The molecule has 1 radical (unpaired) electrons. The Morgan fingerprint density at radius 3 is 3.17 bits per heavy atom. The number of rotatable bonds is 0. The molecule has 0 aliphatic heterocycles. The Kier molecular flexibility index (Phi) is 1.31. The molecule has 0 saturated carbocycles.